The van der Waals surface area contributed by atoms with Crippen molar-refractivity contribution >= 4 is 34.0 Å². The van der Waals surface area contributed by atoms with E-state index in [9.17, 15) is 9.59 Å². The number of hydrogen-bond acceptors (Lipinski definition) is 5. The van der Waals surface area contributed by atoms with Crippen LogP contribution in [0.4, 0.5) is 10.8 Å². The number of hydrogen-bond donors (Lipinski definition) is 1. The molecule has 0 radical (unpaired) electrons. The lowest BCUT2D eigenvalue weighted by atomic mass is 10.1. The van der Waals surface area contributed by atoms with Gasteiger partial charge in [-0.15, -0.1) is 10.2 Å². The summed E-state index contributed by atoms with van der Waals surface area (Å²) in [5, 5.41) is 12.3. The molecule has 28 heavy (non-hydrogen) atoms. The van der Waals surface area contributed by atoms with Crippen LogP contribution in [-0.2, 0) is 4.79 Å². The Morgan fingerprint density at radius 1 is 1.11 bits per heavy atom. The van der Waals surface area contributed by atoms with Crippen molar-refractivity contribution in [1.29, 1.82) is 0 Å². The van der Waals surface area contributed by atoms with Gasteiger partial charge in [-0.05, 0) is 49.2 Å². The lowest BCUT2D eigenvalue weighted by Crippen LogP contribution is -2.24. The van der Waals surface area contributed by atoms with Gasteiger partial charge in [0.15, 0.2) is 0 Å². The maximum absolute atomic E-state index is 12.5. The largest absolute Gasteiger partial charge is 0.312 e. The lowest BCUT2D eigenvalue weighted by molar-refractivity contribution is -0.117. The van der Waals surface area contributed by atoms with Crippen molar-refractivity contribution in [2.75, 3.05) is 16.8 Å². The van der Waals surface area contributed by atoms with Crippen LogP contribution in [0.25, 0.3) is 0 Å². The fourth-order valence-electron chi connectivity index (χ4n) is 3.22. The summed E-state index contributed by atoms with van der Waals surface area (Å²) < 4.78 is 0. The molecule has 142 valence electrons. The molecule has 1 fully saturated rings. The molecular formula is C21H20N4O2S. The second-order valence-corrected chi connectivity index (χ2v) is 7.95. The molecule has 0 spiro atoms. The summed E-state index contributed by atoms with van der Waals surface area (Å²) in [6.07, 6.45) is 0.397. The van der Waals surface area contributed by atoms with E-state index in [4.69, 9.17) is 0 Å². The first-order chi connectivity index (χ1) is 13.5. The fraction of sp³-hybridized carbons (Fsp3) is 0.238. The number of carbonyl (C=O) groups excluding carboxylic acids is 2. The Morgan fingerprint density at radius 2 is 1.89 bits per heavy atom. The van der Waals surface area contributed by atoms with Crippen molar-refractivity contribution in [3.05, 3.63) is 70.2 Å². The topological polar surface area (TPSA) is 75.2 Å². The van der Waals surface area contributed by atoms with E-state index in [1.54, 1.807) is 17.0 Å². The quantitative estimate of drug-likeness (QED) is 0.730. The summed E-state index contributed by atoms with van der Waals surface area (Å²) in [6.45, 7) is 4.67. The average molecular weight is 392 g/mol. The molecule has 1 saturated heterocycles. The zero-order valence-electron chi connectivity index (χ0n) is 15.7. The fourth-order valence-corrected chi connectivity index (χ4v) is 4.05. The van der Waals surface area contributed by atoms with Crippen LogP contribution < -0.4 is 10.2 Å². The van der Waals surface area contributed by atoms with E-state index in [2.05, 4.69) is 22.4 Å². The second-order valence-electron chi connectivity index (χ2n) is 6.94. The van der Waals surface area contributed by atoms with E-state index in [0.29, 0.717) is 23.7 Å². The average Bonchev–Trinajstić information content (AvgIpc) is 3.31. The van der Waals surface area contributed by atoms with Crippen LogP contribution >= 0.6 is 11.3 Å². The number of carbonyl (C=O) groups is 2. The Kier molecular flexibility index (Phi) is 4.92. The zero-order chi connectivity index (χ0) is 19.7. The minimum absolute atomic E-state index is 0.0195. The Hall–Kier alpha value is -3.06. The normalized spacial score (nSPS) is 16.4. The molecule has 1 aromatic heterocycles. The molecule has 6 nitrogen and oxygen atoms in total. The van der Waals surface area contributed by atoms with Crippen LogP contribution in [0.2, 0.25) is 0 Å². The maximum Gasteiger partial charge on any atom is 0.257 e. The van der Waals surface area contributed by atoms with Crippen molar-refractivity contribution < 1.29 is 9.59 Å². The summed E-state index contributed by atoms with van der Waals surface area (Å²) >= 11 is 1.32. The third-order valence-corrected chi connectivity index (χ3v) is 5.97. The van der Waals surface area contributed by atoms with Crippen LogP contribution in [0.3, 0.4) is 0 Å². The third kappa shape index (κ3) is 3.66. The van der Waals surface area contributed by atoms with Gasteiger partial charge in [0.05, 0.1) is 0 Å². The van der Waals surface area contributed by atoms with Gasteiger partial charge in [0.1, 0.15) is 5.01 Å². The van der Waals surface area contributed by atoms with E-state index in [1.165, 1.54) is 16.9 Å². The molecule has 0 unspecified atom stereocenters. The van der Waals surface area contributed by atoms with E-state index in [-0.39, 0.29) is 17.7 Å². The Bertz CT molecular complexity index is 1030. The lowest BCUT2D eigenvalue weighted by Gasteiger charge is -2.17. The van der Waals surface area contributed by atoms with Crippen molar-refractivity contribution in [2.24, 2.45) is 0 Å². The van der Waals surface area contributed by atoms with Gasteiger partial charge in [0.25, 0.3) is 5.91 Å². The summed E-state index contributed by atoms with van der Waals surface area (Å²) in [6, 6.07) is 15.0. The minimum Gasteiger partial charge on any atom is -0.312 e. The van der Waals surface area contributed by atoms with Gasteiger partial charge in [-0.2, -0.15) is 0 Å². The highest BCUT2D eigenvalue weighted by Crippen LogP contribution is 2.34. The number of amides is 2. The zero-order valence-corrected chi connectivity index (χ0v) is 16.5. The molecule has 0 aliphatic carbocycles. The van der Waals surface area contributed by atoms with Crippen LogP contribution in [0.1, 0.15) is 38.8 Å². The van der Waals surface area contributed by atoms with Gasteiger partial charge in [0, 0.05) is 30.1 Å². The highest BCUT2D eigenvalue weighted by Gasteiger charge is 2.34. The molecule has 1 aliphatic heterocycles. The van der Waals surface area contributed by atoms with Gasteiger partial charge in [-0.25, -0.2) is 0 Å². The molecule has 4 rings (SSSR count). The summed E-state index contributed by atoms with van der Waals surface area (Å²) in [7, 11) is 0. The summed E-state index contributed by atoms with van der Waals surface area (Å²) in [5.41, 5.74) is 3.85. The molecule has 1 N–H and O–H groups in total. The first-order valence-electron chi connectivity index (χ1n) is 9.08. The molecule has 2 heterocycles. The predicted octanol–water partition coefficient (Wildman–Crippen LogP) is 3.93. The van der Waals surface area contributed by atoms with E-state index in [1.807, 2.05) is 43.3 Å². The van der Waals surface area contributed by atoms with Crippen molar-refractivity contribution in [1.82, 2.24) is 10.2 Å². The molecule has 0 saturated carbocycles. The molecule has 1 aliphatic rings. The van der Waals surface area contributed by atoms with Gasteiger partial charge in [-0.3, -0.25) is 14.9 Å². The molecule has 0 bridgehead atoms. The van der Waals surface area contributed by atoms with Crippen LogP contribution in [0, 0.1) is 13.8 Å². The van der Waals surface area contributed by atoms with Crippen LogP contribution in [0.15, 0.2) is 48.5 Å². The van der Waals surface area contributed by atoms with Crippen molar-refractivity contribution in [3.63, 3.8) is 0 Å². The number of aryl methyl sites for hydroxylation is 2. The second kappa shape index (κ2) is 7.52. The summed E-state index contributed by atoms with van der Waals surface area (Å²) in [5.74, 6) is -0.158. The van der Waals surface area contributed by atoms with Crippen LogP contribution in [0.5, 0.6) is 0 Å². The maximum atomic E-state index is 12.5. The van der Waals surface area contributed by atoms with Crippen molar-refractivity contribution in [3.8, 4) is 0 Å². The highest BCUT2D eigenvalue weighted by atomic mass is 32.1. The number of nitrogens with one attached hydrogen (secondary N) is 1. The number of anilines is 2. The molecule has 7 heteroatoms. The first kappa shape index (κ1) is 18.3. The predicted molar refractivity (Wildman–Crippen MR) is 110 cm³/mol. The molecule has 2 amide bonds. The highest BCUT2D eigenvalue weighted by molar-refractivity contribution is 7.15. The molecule has 3 aromatic rings. The summed E-state index contributed by atoms with van der Waals surface area (Å²) in [4.78, 5) is 26.6. The number of nitrogens with zero attached hydrogens (tertiary/aromatic N) is 3. The van der Waals surface area contributed by atoms with Gasteiger partial charge in [-0.1, -0.05) is 35.6 Å². The van der Waals surface area contributed by atoms with E-state index >= 15 is 0 Å². The first-order valence-corrected chi connectivity index (χ1v) is 9.90. The van der Waals surface area contributed by atoms with Gasteiger partial charge in [0.2, 0.25) is 11.0 Å². The smallest absolute Gasteiger partial charge is 0.257 e. The standard InChI is InChI=1S/C21H20N4O2S/c1-13-8-9-17(10-14(13)2)25-12-16(11-18(25)26)20-23-24-21(28-20)22-19(27)15-6-4-3-5-7-15/h3-10,16H,11-12H2,1-2H3,(H,22,24,27)/t16-/m1/s1. The van der Waals surface area contributed by atoms with E-state index < -0.39 is 0 Å². The minimum atomic E-state index is -0.220. The van der Waals surface area contributed by atoms with Gasteiger partial charge >= 0.3 is 0 Å². The Morgan fingerprint density at radius 3 is 2.64 bits per heavy atom. The molecular weight excluding hydrogens is 372 g/mol. The van der Waals surface area contributed by atoms with E-state index in [0.717, 1.165) is 16.3 Å². The third-order valence-electron chi connectivity index (χ3n) is 4.97. The Labute approximate surface area is 167 Å². The molecule has 2 aromatic carbocycles. The van der Waals surface area contributed by atoms with Crippen molar-refractivity contribution in [2.45, 2.75) is 26.2 Å². The monoisotopic (exact) mass is 392 g/mol. The number of rotatable bonds is 4. The SMILES string of the molecule is Cc1ccc(N2C[C@H](c3nnc(NC(=O)c4ccccc4)s3)CC2=O)cc1C. The van der Waals surface area contributed by atoms with Crippen LogP contribution in [-0.4, -0.2) is 28.6 Å². The number of benzene rings is 2. The number of aromatic nitrogens is 2. The molecule has 1 atom stereocenters. The Balaban J connectivity index is 1.46. The van der Waals surface area contributed by atoms with Gasteiger partial charge < -0.3 is 4.90 Å².